The van der Waals surface area contributed by atoms with E-state index in [1.54, 1.807) is 18.2 Å². The van der Waals surface area contributed by atoms with Crippen molar-refractivity contribution in [1.82, 2.24) is 14.9 Å². The molecule has 9 nitrogen and oxygen atoms in total. The van der Waals surface area contributed by atoms with Gasteiger partial charge in [-0.15, -0.1) is 0 Å². The van der Waals surface area contributed by atoms with Gasteiger partial charge in [0.05, 0.1) is 4.90 Å². The maximum Gasteiger partial charge on any atom is 0.322 e. The Kier molecular flexibility index (Phi) is 6.02. The van der Waals surface area contributed by atoms with Gasteiger partial charge in [-0.1, -0.05) is 18.9 Å². The molecule has 1 saturated carbocycles. The summed E-state index contributed by atoms with van der Waals surface area (Å²) >= 11 is 0. The van der Waals surface area contributed by atoms with Crippen molar-refractivity contribution < 1.29 is 22.8 Å². The molecule has 0 radical (unpaired) electrons. The maximum atomic E-state index is 13.0. The second-order valence-corrected chi connectivity index (χ2v) is 10.5. The molecule has 4 amide bonds. The zero-order chi connectivity index (χ0) is 22.1. The molecular formula is C21H28N4O5S. The predicted molar refractivity (Wildman–Crippen MR) is 114 cm³/mol. The van der Waals surface area contributed by atoms with Gasteiger partial charge in [0, 0.05) is 24.7 Å². The van der Waals surface area contributed by atoms with Gasteiger partial charge in [-0.2, -0.15) is 4.31 Å². The van der Waals surface area contributed by atoms with E-state index in [9.17, 15) is 22.8 Å². The number of carbonyl (C=O) groups is 3. The van der Waals surface area contributed by atoms with E-state index in [0.29, 0.717) is 44.5 Å². The van der Waals surface area contributed by atoms with Crippen molar-refractivity contribution in [1.29, 1.82) is 0 Å². The minimum absolute atomic E-state index is 0.181. The molecule has 3 fully saturated rings. The lowest BCUT2D eigenvalue weighted by Crippen LogP contribution is -2.50. The molecule has 1 aromatic rings. The summed E-state index contributed by atoms with van der Waals surface area (Å²) in [6.45, 7) is 1.04. The van der Waals surface area contributed by atoms with Crippen LogP contribution in [-0.2, 0) is 19.6 Å². The van der Waals surface area contributed by atoms with Crippen molar-refractivity contribution in [2.24, 2.45) is 5.92 Å². The first-order chi connectivity index (χ1) is 14.8. The van der Waals surface area contributed by atoms with Gasteiger partial charge in [0.2, 0.25) is 15.9 Å². The van der Waals surface area contributed by atoms with Crippen molar-refractivity contribution in [3.63, 3.8) is 0 Å². The summed E-state index contributed by atoms with van der Waals surface area (Å²) in [6.07, 6.45) is 5.51. The number of imide groups is 1. The second-order valence-electron chi connectivity index (χ2n) is 8.60. The number of nitrogens with zero attached hydrogens (tertiary/aromatic N) is 1. The molecule has 0 unspecified atom stereocenters. The molecular weight excluding hydrogens is 420 g/mol. The number of urea groups is 1. The smallest absolute Gasteiger partial charge is 0.322 e. The zero-order valence-electron chi connectivity index (χ0n) is 17.4. The Morgan fingerprint density at radius 1 is 1.06 bits per heavy atom. The zero-order valence-corrected chi connectivity index (χ0v) is 18.2. The quantitative estimate of drug-likeness (QED) is 0.607. The molecule has 2 saturated heterocycles. The Balaban J connectivity index is 1.40. The third-order valence-corrected chi connectivity index (χ3v) is 8.42. The van der Waals surface area contributed by atoms with Crippen LogP contribution in [0.4, 0.5) is 10.5 Å². The van der Waals surface area contributed by atoms with Crippen molar-refractivity contribution in [3.8, 4) is 0 Å². The SMILES string of the molecule is O=C1NC(=O)C2(CCC(C(=O)Nc3cccc(S(=O)(=O)N4CCCCCC4)c3)CC2)N1. The average molecular weight is 449 g/mol. The molecule has 3 aliphatic rings. The molecule has 10 heteroatoms. The summed E-state index contributed by atoms with van der Waals surface area (Å²) in [6, 6.07) is 5.88. The van der Waals surface area contributed by atoms with Gasteiger partial charge in [0.1, 0.15) is 5.54 Å². The monoisotopic (exact) mass is 448 g/mol. The van der Waals surface area contributed by atoms with E-state index in [1.807, 2.05) is 0 Å². The molecule has 2 aliphatic heterocycles. The lowest BCUT2D eigenvalue weighted by atomic mass is 9.76. The molecule has 1 aromatic carbocycles. The van der Waals surface area contributed by atoms with Crippen LogP contribution in [-0.4, -0.2) is 49.2 Å². The topological polar surface area (TPSA) is 125 Å². The number of hydrogen-bond donors (Lipinski definition) is 3. The van der Waals surface area contributed by atoms with Gasteiger partial charge in [0.15, 0.2) is 0 Å². The standard InChI is InChI=1S/C21H28N4O5S/c26-18(15-8-10-21(11-9-15)19(27)23-20(28)24-21)22-16-6-5-7-17(14-16)31(29,30)25-12-3-1-2-4-13-25/h5-7,14-15H,1-4,8-13H2,(H,22,26)(H2,23,24,27,28). The summed E-state index contributed by atoms with van der Waals surface area (Å²) < 4.78 is 27.6. The Morgan fingerprint density at radius 2 is 1.74 bits per heavy atom. The van der Waals surface area contributed by atoms with Crippen LogP contribution < -0.4 is 16.0 Å². The van der Waals surface area contributed by atoms with Crippen LogP contribution in [0.5, 0.6) is 0 Å². The van der Waals surface area contributed by atoms with Gasteiger partial charge in [0.25, 0.3) is 5.91 Å². The molecule has 0 atom stereocenters. The van der Waals surface area contributed by atoms with E-state index in [-0.39, 0.29) is 22.6 Å². The van der Waals surface area contributed by atoms with Crippen LogP contribution >= 0.6 is 0 Å². The molecule has 4 rings (SSSR count). The highest BCUT2D eigenvalue weighted by Crippen LogP contribution is 2.35. The highest BCUT2D eigenvalue weighted by atomic mass is 32.2. The van der Waals surface area contributed by atoms with E-state index < -0.39 is 21.6 Å². The number of amides is 4. The van der Waals surface area contributed by atoms with Gasteiger partial charge in [-0.05, 0) is 56.7 Å². The molecule has 0 bridgehead atoms. The first kappa shape index (κ1) is 21.8. The summed E-state index contributed by atoms with van der Waals surface area (Å²) in [5.74, 6) is -0.839. The Hall–Kier alpha value is -2.46. The normalized spacial score (nSPS) is 27.4. The molecule has 1 spiro atoms. The minimum Gasteiger partial charge on any atom is -0.326 e. The third-order valence-electron chi connectivity index (χ3n) is 6.53. The summed E-state index contributed by atoms with van der Waals surface area (Å²) in [5.41, 5.74) is -0.470. The number of benzene rings is 1. The molecule has 3 N–H and O–H groups in total. The van der Waals surface area contributed by atoms with E-state index in [0.717, 1.165) is 25.7 Å². The first-order valence-corrected chi connectivity index (χ1v) is 12.3. The maximum absolute atomic E-state index is 13.0. The van der Waals surface area contributed by atoms with Crippen molar-refractivity contribution in [2.75, 3.05) is 18.4 Å². The lowest BCUT2D eigenvalue weighted by molar-refractivity contribution is -0.128. The van der Waals surface area contributed by atoms with Gasteiger partial charge in [-0.3, -0.25) is 14.9 Å². The number of rotatable bonds is 4. The highest BCUT2D eigenvalue weighted by molar-refractivity contribution is 7.89. The van der Waals surface area contributed by atoms with Crippen LogP contribution in [0.15, 0.2) is 29.2 Å². The highest BCUT2D eigenvalue weighted by Gasteiger charge is 2.48. The molecule has 1 aliphatic carbocycles. The fourth-order valence-electron chi connectivity index (χ4n) is 4.66. The Morgan fingerprint density at radius 3 is 2.35 bits per heavy atom. The summed E-state index contributed by atoms with van der Waals surface area (Å²) in [4.78, 5) is 36.5. The van der Waals surface area contributed by atoms with E-state index >= 15 is 0 Å². The van der Waals surface area contributed by atoms with Crippen LogP contribution in [0.3, 0.4) is 0 Å². The number of carbonyl (C=O) groups excluding carboxylic acids is 3. The van der Waals surface area contributed by atoms with E-state index in [4.69, 9.17) is 0 Å². The van der Waals surface area contributed by atoms with Crippen molar-refractivity contribution >= 4 is 33.6 Å². The Labute approximate surface area is 182 Å². The molecule has 31 heavy (non-hydrogen) atoms. The number of anilines is 1. The predicted octanol–water partition coefficient (Wildman–Crippen LogP) is 1.96. The van der Waals surface area contributed by atoms with Gasteiger partial charge < -0.3 is 10.6 Å². The van der Waals surface area contributed by atoms with Crippen LogP contribution in [0.1, 0.15) is 51.4 Å². The summed E-state index contributed by atoms with van der Waals surface area (Å²) in [7, 11) is -3.60. The van der Waals surface area contributed by atoms with E-state index in [2.05, 4.69) is 16.0 Å². The third kappa shape index (κ3) is 4.45. The van der Waals surface area contributed by atoms with E-state index in [1.165, 1.54) is 10.4 Å². The largest absolute Gasteiger partial charge is 0.326 e. The molecule has 168 valence electrons. The second kappa shape index (κ2) is 8.58. The fraction of sp³-hybridized carbons (Fsp3) is 0.571. The van der Waals surface area contributed by atoms with Crippen LogP contribution in [0.25, 0.3) is 0 Å². The first-order valence-electron chi connectivity index (χ1n) is 10.8. The van der Waals surface area contributed by atoms with Crippen molar-refractivity contribution in [2.45, 2.75) is 61.8 Å². The minimum atomic E-state index is -3.60. The lowest BCUT2D eigenvalue weighted by Gasteiger charge is -2.33. The van der Waals surface area contributed by atoms with Crippen molar-refractivity contribution in [3.05, 3.63) is 24.3 Å². The van der Waals surface area contributed by atoms with Gasteiger partial charge >= 0.3 is 6.03 Å². The van der Waals surface area contributed by atoms with Crippen LogP contribution in [0.2, 0.25) is 0 Å². The molecule has 2 heterocycles. The number of sulfonamides is 1. The average Bonchev–Trinajstić information content (AvgIpc) is 2.94. The fourth-order valence-corrected chi connectivity index (χ4v) is 6.23. The molecule has 0 aromatic heterocycles. The number of hydrogen-bond acceptors (Lipinski definition) is 5. The number of nitrogens with one attached hydrogen (secondary N) is 3. The van der Waals surface area contributed by atoms with Gasteiger partial charge in [-0.25, -0.2) is 13.2 Å². The van der Waals surface area contributed by atoms with Crippen LogP contribution in [0, 0.1) is 5.92 Å². The Bertz CT molecular complexity index is 977. The summed E-state index contributed by atoms with van der Waals surface area (Å²) in [5, 5.41) is 7.78.